The summed E-state index contributed by atoms with van der Waals surface area (Å²) in [5.41, 5.74) is 9.67. The molecular weight excluding hydrogens is 294 g/mol. The second kappa shape index (κ2) is 4.57. The molecule has 0 unspecified atom stereocenters. The first-order valence-electron chi connectivity index (χ1n) is 5.54. The molecule has 0 spiro atoms. The van der Waals surface area contributed by atoms with E-state index in [9.17, 15) is 4.79 Å². The zero-order valence-corrected chi connectivity index (χ0v) is 12.1. The number of nitrogen functional groups attached to an aromatic ring is 1. The van der Waals surface area contributed by atoms with Crippen molar-refractivity contribution in [3.05, 3.63) is 39.6 Å². The van der Waals surface area contributed by atoms with Crippen LogP contribution >= 0.6 is 15.9 Å². The summed E-state index contributed by atoms with van der Waals surface area (Å²) in [7, 11) is 0. The Morgan fingerprint density at radius 3 is 2.50 bits per heavy atom. The van der Waals surface area contributed by atoms with Crippen molar-refractivity contribution < 1.29 is 4.79 Å². The SMILES string of the molecule is CC(=O)c1ccc(-n2nc(C)c(Br)c2C)cc1N. The van der Waals surface area contributed by atoms with Crippen LogP contribution in [-0.4, -0.2) is 15.6 Å². The number of hydrogen-bond acceptors (Lipinski definition) is 3. The average molecular weight is 308 g/mol. The molecule has 2 rings (SSSR count). The van der Waals surface area contributed by atoms with Crippen LogP contribution in [0.15, 0.2) is 22.7 Å². The monoisotopic (exact) mass is 307 g/mol. The van der Waals surface area contributed by atoms with E-state index in [0.29, 0.717) is 11.3 Å². The van der Waals surface area contributed by atoms with E-state index in [1.165, 1.54) is 6.92 Å². The Labute approximate surface area is 114 Å². The van der Waals surface area contributed by atoms with Gasteiger partial charge in [-0.15, -0.1) is 0 Å². The molecule has 0 aliphatic carbocycles. The Morgan fingerprint density at radius 1 is 1.39 bits per heavy atom. The molecule has 1 aromatic heterocycles. The highest BCUT2D eigenvalue weighted by atomic mass is 79.9. The molecule has 94 valence electrons. The molecule has 0 aliphatic rings. The number of rotatable bonds is 2. The van der Waals surface area contributed by atoms with Gasteiger partial charge in [0.2, 0.25) is 0 Å². The quantitative estimate of drug-likeness (QED) is 0.685. The van der Waals surface area contributed by atoms with E-state index in [4.69, 9.17) is 5.73 Å². The lowest BCUT2D eigenvalue weighted by Crippen LogP contribution is -2.04. The van der Waals surface area contributed by atoms with E-state index < -0.39 is 0 Å². The van der Waals surface area contributed by atoms with Crippen LogP contribution in [-0.2, 0) is 0 Å². The van der Waals surface area contributed by atoms with E-state index in [-0.39, 0.29) is 5.78 Å². The largest absolute Gasteiger partial charge is 0.398 e. The minimum Gasteiger partial charge on any atom is -0.398 e. The van der Waals surface area contributed by atoms with Gasteiger partial charge in [-0.3, -0.25) is 4.79 Å². The van der Waals surface area contributed by atoms with Gasteiger partial charge in [0.05, 0.1) is 21.5 Å². The van der Waals surface area contributed by atoms with Crippen LogP contribution in [0.1, 0.15) is 28.7 Å². The van der Waals surface area contributed by atoms with Crippen LogP contribution in [0.4, 0.5) is 5.69 Å². The summed E-state index contributed by atoms with van der Waals surface area (Å²) < 4.78 is 2.79. The van der Waals surface area contributed by atoms with E-state index in [0.717, 1.165) is 21.5 Å². The Kier molecular flexibility index (Phi) is 3.26. The summed E-state index contributed by atoms with van der Waals surface area (Å²) in [5.74, 6) is -0.0337. The predicted molar refractivity (Wildman–Crippen MR) is 75.2 cm³/mol. The number of nitrogens with zero attached hydrogens (tertiary/aromatic N) is 2. The van der Waals surface area contributed by atoms with Crippen LogP contribution < -0.4 is 5.73 Å². The highest BCUT2D eigenvalue weighted by Crippen LogP contribution is 2.24. The molecule has 2 N–H and O–H groups in total. The van der Waals surface area contributed by atoms with Crippen LogP contribution in [0, 0.1) is 13.8 Å². The van der Waals surface area contributed by atoms with Crippen molar-refractivity contribution in [3.63, 3.8) is 0 Å². The summed E-state index contributed by atoms with van der Waals surface area (Å²) in [6.07, 6.45) is 0. The Balaban J connectivity index is 2.55. The van der Waals surface area contributed by atoms with Crippen molar-refractivity contribution in [2.45, 2.75) is 20.8 Å². The maximum Gasteiger partial charge on any atom is 0.161 e. The lowest BCUT2D eigenvalue weighted by Gasteiger charge is -2.08. The second-order valence-corrected chi connectivity index (χ2v) is 5.02. The minimum absolute atomic E-state index is 0.0337. The number of nitrogens with two attached hydrogens (primary N) is 1. The minimum atomic E-state index is -0.0337. The summed E-state index contributed by atoms with van der Waals surface area (Å²) >= 11 is 3.48. The molecule has 0 bridgehead atoms. The number of carbonyl (C=O) groups excluding carboxylic acids is 1. The summed E-state index contributed by atoms with van der Waals surface area (Å²) in [4.78, 5) is 11.3. The first kappa shape index (κ1) is 12.8. The molecule has 18 heavy (non-hydrogen) atoms. The zero-order chi connectivity index (χ0) is 13.4. The van der Waals surface area contributed by atoms with Gasteiger partial charge in [0.25, 0.3) is 0 Å². The summed E-state index contributed by atoms with van der Waals surface area (Å²) in [6.45, 7) is 5.41. The second-order valence-electron chi connectivity index (χ2n) is 4.22. The number of halogens is 1. The first-order chi connectivity index (χ1) is 8.41. The van der Waals surface area contributed by atoms with Crippen molar-refractivity contribution in [1.82, 2.24) is 9.78 Å². The van der Waals surface area contributed by atoms with Crippen molar-refractivity contribution >= 4 is 27.4 Å². The van der Waals surface area contributed by atoms with Gasteiger partial charge >= 0.3 is 0 Å². The zero-order valence-electron chi connectivity index (χ0n) is 10.5. The molecule has 4 nitrogen and oxygen atoms in total. The van der Waals surface area contributed by atoms with E-state index >= 15 is 0 Å². The van der Waals surface area contributed by atoms with E-state index in [1.807, 2.05) is 19.9 Å². The number of carbonyl (C=O) groups is 1. The number of Topliss-reactive ketones (excluding diaryl/α,β-unsaturated/α-hetero) is 1. The highest BCUT2D eigenvalue weighted by Gasteiger charge is 2.12. The van der Waals surface area contributed by atoms with Crippen LogP contribution in [0.3, 0.4) is 0 Å². The van der Waals surface area contributed by atoms with E-state index in [1.54, 1.807) is 16.8 Å². The van der Waals surface area contributed by atoms with Gasteiger partial charge in [0.1, 0.15) is 0 Å². The third-order valence-electron chi connectivity index (χ3n) is 2.86. The lowest BCUT2D eigenvalue weighted by atomic mass is 10.1. The van der Waals surface area contributed by atoms with Gasteiger partial charge in [0.15, 0.2) is 5.78 Å². The Bertz CT molecular complexity index is 631. The number of ketones is 1. The van der Waals surface area contributed by atoms with Crippen molar-refractivity contribution in [2.24, 2.45) is 0 Å². The Hall–Kier alpha value is -1.62. The molecule has 0 aliphatic heterocycles. The lowest BCUT2D eigenvalue weighted by molar-refractivity contribution is 0.101. The maximum absolute atomic E-state index is 11.3. The Morgan fingerprint density at radius 2 is 2.06 bits per heavy atom. The van der Waals surface area contributed by atoms with Crippen LogP contribution in [0.25, 0.3) is 5.69 Å². The highest BCUT2D eigenvalue weighted by molar-refractivity contribution is 9.10. The molecular formula is C13H14BrN3O. The molecule has 0 fully saturated rings. The van der Waals surface area contributed by atoms with Gasteiger partial charge < -0.3 is 5.73 Å². The van der Waals surface area contributed by atoms with Crippen LogP contribution in [0.5, 0.6) is 0 Å². The first-order valence-corrected chi connectivity index (χ1v) is 6.33. The van der Waals surface area contributed by atoms with E-state index in [2.05, 4.69) is 21.0 Å². The average Bonchev–Trinajstić information content (AvgIpc) is 2.56. The van der Waals surface area contributed by atoms with Gasteiger partial charge in [-0.25, -0.2) is 4.68 Å². The normalized spacial score (nSPS) is 10.7. The summed E-state index contributed by atoms with van der Waals surface area (Å²) in [6, 6.07) is 5.35. The molecule has 5 heteroatoms. The predicted octanol–water partition coefficient (Wildman–Crippen LogP) is 3.04. The fraction of sp³-hybridized carbons (Fsp3) is 0.231. The molecule has 1 aromatic carbocycles. The molecule has 0 atom stereocenters. The number of aromatic nitrogens is 2. The topological polar surface area (TPSA) is 60.9 Å². The third-order valence-corrected chi connectivity index (χ3v) is 4.01. The van der Waals surface area contributed by atoms with Crippen LogP contribution in [0.2, 0.25) is 0 Å². The molecule has 0 radical (unpaired) electrons. The number of benzene rings is 1. The van der Waals surface area contributed by atoms with Gasteiger partial charge in [-0.2, -0.15) is 5.10 Å². The molecule has 1 heterocycles. The number of hydrogen-bond donors (Lipinski definition) is 1. The van der Waals surface area contributed by atoms with Gasteiger partial charge in [-0.05, 0) is 54.9 Å². The van der Waals surface area contributed by atoms with Gasteiger partial charge in [0, 0.05) is 11.3 Å². The molecule has 0 saturated carbocycles. The smallest absolute Gasteiger partial charge is 0.161 e. The molecule has 0 saturated heterocycles. The maximum atomic E-state index is 11.3. The molecule has 0 amide bonds. The fourth-order valence-electron chi connectivity index (χ4n) is 1.88. The standard InChI is InChI=1S/C13H14BrN3O/c1-7-13(14)8(2)17(16-7)10-4-5-11(9(3)18)12(15)6-10/h4-6H,15H2,1-3H3. The summed E-state index contributed by atoms with van der Waals surface area (Å²) in [5, 5.41) is 4.42. The number of anilines is 1. The van der Waals surface area contributed by atoms with Crippen molar-refractivity contribution in [1.29, 1.82) is 0 Å². The number of aryl methyl sites for hydroxylation is 1. The van der Waals surface area contributed by atoms with Gasteiger partial charge in [-0.1, -0.05) is 0 Å². The van der Waals surface area contributed by atoms with Crippen molar-refractivity contribution in [3.8, 4) is 5.69 Å². The third kappa shape index (κ3) is 2.06. The fourth-order valence-corrected chi connectivity index (χ4v) is 2.12. The molecule has 2 aromatic rings. The van der Waals surface area contributed by atoms with Crippen molar-refractivity contribution in [2.75, 3.05) is 5.73 Å².